The number of urea groups is 1. The molecule has 1 aromatic rings. The van der Waals surface area contributed by atoms with E-state index in [1.807, 2.05) is 13.8 Å². The van der Waals surface area contributed by atoms with E-state index in [0.29, 0.717) is 12.3 Å². The maximum atomic E-state index is 12.3. The highest BCUT2D eigenvalue weighted by molar-refractivity contribution is 5.87. The van der Waals surface area contributed by atoms with Crippen LogP contribution in [0.4, 0.5) is 4.79 Å². The number of amides is 3. The highest BCUT2D eigenvalue weighted by atomic mass is 16.3. The molecule has 1 aliphatic rings. The van der Waals surface area contributed by atoms with Gasteiger partial charge in [0.2, 0.25) is 5.91 Å². The van der Waals surface area contributed by atoms with E-state index in [4.69, 9.17) is 4.42 Å². The zero-order valence-electron chi connectivity index (χ0n) is 13.9. The van der Waals surface area contributed by atoms with Gasteiger partial charge in [0.05, 0.1) is 12.8 Å². The SMILES string of the molecule is CC(C)[C@H](NC(=O)NC1CCCCC1)C(=O)NCc1ccco1. The predicted octanol–water partition coefficient (Wildman–Crippen LogP) is 2.55. The van der Waals surface area contributed by atoms with E-state index in [0.717, 1.165) is 25.7 Å². The Morgan fingerprint density at radius 2 is 2.00 bits per heavy atom. The van der Waals surface area contributed by atoms with Gasteiger partial charge in [-0.15, -0.1) is 0 Å². The maximum Gasteiger partial charge on any atom is 0.315 e. The van der Waals surface area contributed by atoms with Crippen molar-refractivity contribution in [2.45, 2.75) is 64.6 Å². The third-order valence-electron chi connectivity index (χ3n) is 4.19. The lowest BCUT2D eigenvalue weighted by atomic mass is 9.96. The molecule has 3 N–H and O–H groups in total. The normalized spacial score (nSPS) is 16.8. The van der Waals surface area contributed by atoms with Crippen LogP contribution in [-0.4, -0.2) is 24.0 Å². The second kappa shape index (κ2) is 8.60. The van der Waals surface area contributed by atoms with Gasteiger partial charge in [-0.05, 0) is 30.9 Å². The molecule has 23 heavy (non-hydrogen) atoms. The zero-order valence-corrected chi connectivity index (χ0v) is 13.9. The molecule has 1 heterocycles. The van der Waals surface area contributed by atoms with E-state index in [-0.39, 0.29) is 23.9 Å². The lowest BCUT2D eigenvalue weighted by Gasteiger charge is -2.26. The number of rotatable bonds is 6. The van der Waals surface area contributed by atoms with Gasteiger partial charge < -0.3 is 20.4 Å². The summed E-state index contributed by atoms with van der Waals surface area (Å²) in [6.45, 7) is 4.15. The molecule has 1 saturated carbocycles. The molecule has 0 aliphatic heterocycles. The summed E-state index contributed by atoms with van der Waals surface area (Å²) >= 11 is 0. The van der Waals surface area contributed by atoms with Crippen LogP contribution < -0.4 is 16.0 Å². The van der Waals surface area contributed by atoms with Crippen molar-refractivity contribution in [2.24, 2.45) is 5.92 Å². The Morgan fingerprint density at radius 1 is 1.26 bits per heavy atom. The van der Waals surface area contributed by atoms with E-state index in [2.05, 4.69) is 16.0 Å². The summed E-state index contributed by atoms with van der Waals surface area (Å²) in [5, 5.41) is 8.58. The summed E-state index contributed by atoms with van der Waals surface area (Å²) < 4.78 is 5.19. The summed E-state index contributed by atoms with van der Waals surface area (Å²) in [7, 11) is 0. The van der Waals surface area contributed by atoms with Crippen molar-refractivity contribution < 1.29 is 14.0 Å². The molecule has 1 aliphatic carbocycles. The molecule has 0 unspecified atom stereocenters. The molecule has 1 fully saturated rings. The highest BCUT2D eigenvalue weighted by Crippen LogP contribution is 2.17. The van der Waals surface area contributed by atoms with Crippen molar-refractivity contribution >= 4 is 11.9 Å². The van der Waals surface area contributed by atoms with E-state index >= 15 is 0 Å². The van der Waals surface area contributed by atoms with E-state index in [9.17, 15) is 9.59 Å². The lowest BCUT2D eigenvalue weighted by molar-refractivity contribution is -0.124. The fraction of sp³-hybridized carbons (Fsp3) is 0.647. The van der Waals surface area contributed by atoms with Gasteiger partial charge in [-0.25, -0.2) is 4.79 Å². The van der Waals surface area contributed by atoms with Crippen molar-refractivity contribution in [2.75, 3.05) is 0 Å². The lowest BCUT2D eigenvalue weighted by Crippen LogP contribution is -2.54. The van der Waals surface area contributed by atoms with Crippen molar-refractivity contribution in [1.82, 2.24) is 16.0 Å². The molecule has 3 amide bonds. The van der Waals surface area contributed by atoms with Crippen molar-refractivity contribution in [1.29, 1.82) is 0 Å². The average molecular weight is 321 g/mol. The first-order chi connectivity index (χ1) is 11.1. The molecule has 128 valence electrons. The van der Waals surface area contributed by atoms with Crippen LogP contribution in [0.25, 0.3) is 0 Å². The third-order valence-corrected chi connectivity index (χ3v) is 4.19. The maximum absolute atomic E-state index is 12.3. The molecule has 0 spiro atoms. The Kier molecular flexibility index (Phi) is 6.50. The second-order valence-electron chi connectivity index (χ2n) is 6.47. The molecule has 6 nitrogen and oxygen atoms in total. The Hall–Kier alpha value is -1.98. The zero-order chi connectivity index (χ0) is 16.7. The number of carbonyl (C=O) groups is 2. The Labute approximate surface area is 137 Å². The van der Waals surface area contributed by atoms with Crippen LogP contribution in [0.2, 0.25) is 0 Å². The molecule has 1 atom stereocenters. The fourth-order valence-corrected chi connectivity index (χ4v) is 2.85. The van der Waals surface area contributed by atoms with Gasteiger partial charge in [-0.2, -0.15) is 0 Å². The second-order valence-corrected chi connectivity index (χ2v) is 6.47. The Balaban J connectivity index is 1.81. The standard InChI is InChI=1S/C17H27N3O3/c1-12(2)15(16(21)18-11-14-9-6-10-23-14)20-17(22)19-13-7-4-3-5-8-13/h6,9-10,12-13,15H,3-5,7-8,11H2,1-2H3,(H,18,21)(H2,19,20,22)/t15-/m0/s1. The summed E-state index contributed by atoms with van der Waals surface area (Å²) in [5.41, 5.74) is 0. The minimum absolute atomic E-state index is 0.00343. The minimum Gasteiger partial charge on any atom is -0.467 e. The first kappa shape index (κ1) is 17.4. The van der Waals surface area contributed by atoms with Crippen LogP contribution in [0.15, 0.2) is 22.8 Å². The van der Waals surface area contributed by atoms with Gasteiger partial charge in [0.25, 0.3) is 0 Å². The van der Waals surface area contributed by atoms with Crippen molar-refractivity contribution in [3.8, 4) is 0 Å². The minimum atomic E-state index is -0.562. The summed E-state index contributed by atoms with van der Waals surface area (Å²) in [6.07, 6.45) is 7.15. The van der Waals surface area contributed by atoms with Gasteiger partial charge >= 0.3 is 6.03 Å². The van der Waals surface area contributed by atoms with Gasteiger partial charge in [-0.1, -0.05) is 33.1 Å². The smallest absolute Gasteiger partial charge is 0.315 e. The summed E-state index contributed by atoms with van der Waals surface area (Å²) in [6, 6.07) is 2.98. The Morgan fingerprint density at radius 3 is 2.61 bits per heavy atom. The van der Waals surface area contributed by atoms with Gasteiger partial charge in [0, 0.05) is 6.04 Å². The highest BCUT2D eigenvalue weighted by Gasteiger charge is 2.25. The topological polar surface area (TPSA) is 83.4 Å². The van der Waals surface area contributed by atoms with E-state index in [1.54, 1.807) is 18.4 Å². The van der Waals surface area contributed by atoms with Crippen LogP contribution in [0.1, 0.15) is 51.7 Å². The summed E-state index contributed by atoms with van der Waals surface area (Å²) in [4.78, 5) is 24.5. The van der Waals surface area contributed by atoms with E-state index in [1.165, 1.54) is 6.42 Å². The molecule has 0 aromatic carbocycles. The molecular formula is C17H27N3O3. The number of hydrogen-bond donors (Lipinski definition) is 3. The van der Waals surface area contributed by atoms with Gasteiger partial charge in [0.15, 0.2) is 0 Å². The number of furan rings is 1. The van der Waals surface area contributed by atoms with Crippen LogP contribution >= 0.6 is 0 Å². The van der Waals surface area contributed by atoms with E-state index < -0.39 is 6.04 Å². The molecule has 2 rings (SSSR count). The average Bonchev–Trinajstić information content (AvgIpc) is 3.04. The molecule has 1 aromatic heterocycles. The van der Waals surface area contributed by atoms with Gasteiger partial charge in [-0.3, -0.25) is 4.79 Å². The molecule has 0 saturated heterocycles. The molecule has 0 radical (unpaired) electrons. The first-order valence-electron chi connectivity index (χ1n) is 8.43. The summed E-state index contributed by atoms with van der Waals surface area (Å²) in [5.74, 6) is 0.492. The molecule has 0 bridgehead atoms. The van der Waals surface area contributed by atoms with Crippen LogP contribution in [-0.2, 0) is 11.3 Å². The first-order valence-corrected chi connectivity index (χ1v) is 8.43. The predicted molar refractivity (Wildman–Crippen MR) is 87.7 cm³/mol. The fourth-order valence-electron chi connectivity index (χ4n) is 2.85. The van der Waals surface area contributed by atoms with Crippen LogP contribution in [0.3, 0.4) is 0 Å². The third kappa shape index (κ3) is 5.62. The monoisotopic (exact) mass is 321 g/mol. The van der Waals surface area contributed by atoms with Crippen molar-refractivity contribution in [3.63, 3.8) is 0 Å². The number of hydrogen-bond acceptors (Lipinski definition) is 3. The number of carbonyl (C=O) groups excluding carboxylic acids is 2. The molecular weight excluding hydrogens is 294 g/mol. The largest absolute Gasteiger partial charge is 0.467 e. The molecule has 6 heteroatoms. The number of nitrogens with one attached hydrogen (secondary N) is 3. The van der Waals surface area contributed by atoms with Gasteiger partial charge in [0.1, 0.15) is 11.8 Å². The van der Waals surface area contributed by atoms with Crippen LogP contribution in [0, 0.1) is 5.92 Å². The van der Waals surface area contributed by atoms with Crippen LogP contribution in [0.5, 0.6) is 0 Å². The Bertz CT molecular complexity index is 493. The van der Waals surface area contributed by atoms with Crippen molar-refractivity contribution in [3.05, 3.63) is 24.2 Å². The quantitative estimate of drug-likeness (QED) is 0.753.